The molecule has 1 aliphatic carbocycles. The monoisotopic (exact) mass is 199 g/mol. The topological polar surface area (TPSA) is 30.5 Å². The lowest BCUT2D eigenvalue weighted by Gasteiger charge is -2.25. The second kappa shape index (κ2) is 4.60. The molecule has 0 unspecified atom stereocenters. The lowest BCUT2D eigenvalue weighted by Crippen LogP contribution is -2.30. The molecule has 0 aromatic carbocycles. The fourth-order valence-corrected chi connectivity index (χ4v) is 2.06. The second-order valence-corrected chi connectivity index (χ2v) is 4.65. The van der Waals surface area contributed by atoms with Gasteiger partial charge in [-0.1, -0.05) is 0 Å². The van der Waals surface area contributed by atoms with Gasteiger partial charge in [-0.3, -0.25) is 0 Å². The van der Waals surface area contributed by atoms with Crippen molar-refractivity contribution in [1.29, 1.82) is 0 Å². The van der Waals surface area contributed by atoms with E-state index in [0.717, 1.165) is 39.2 Å². The minimum absolute atomic E-state index is 0.457. The molecule has 82 valence electrons. The van der Waals surface area contributed by atoms with Crippen molar-refractivity contribution in [3.8, 4) is 0 Å². The van der Waals surface area contributed by atoms with Crippen LogP contribution in [0.5, 0.6) is 0 Å². The third-order valence-electron chi connectivity index (χ3n) is 3.30. The maximum absolute atomic E-state index is 5.94. The van der Waals surface area contributed by atoms with Crippen LogP contribution in [0.4, 0.5) is 0 Å². The third-order valence-corrected chi connectivity index (χ3v) is 3.30. The van der Waals surface area contributed by atoms with E-state index in [4.69, 9.17) is 9.47 Å². The molecule has 0 bridgehead atoms. The molecule has 3 nitrogen and oxygen atoms in total. The SMILES string of the molecule is CNCC1(COC2CCOCC2)CC1. The van der Waals surface area contributed by atoms with E-state index >= 15 is 0 Å². The van der Waals surface area contributed by atoms with Gasteiger partial charge in [0.2, 0.25) is 0 Å². The molecule has 2 rings (SSSR count). The molecule has 1 heterocycles. The Balaban J connectivity index is 1.65. The molecule has 0 amide bonds. The highest BCUT2D eigenvalue weighted by Gasteiger charge is 2.42. The molecule has 0 aromatic heterocycles. The quantitative estimate of drug-likeness (QED) is 0.721. The van der Waals surface area contributed by atoms with E-state index in [9.17, 15) is 0 Å². The zero-order valence-electron chi connectivity index (χ0n) is 9.05. The summed E-state index contributed by atoms with van der Waals surface area (Å²) < 4.78 is 11.2. The van der Waals surface area contributed by atoms with Gasteiger partial charge >= 0.3 is 0 Å². The van der Waals surface area contributed by atoms with Crippen LogP contribution in [0, 0.1) is 5.41 Å². The summed E-state index contributed by atoms with van der Waals surface area (Å²) in [5, 5.41) is 3.25. The highest BCUT2D eigenvalue weighted by atomic mass is 16.5. The van der Waals surface area contributed by atoms with Gasteiger partial charge in [-0.2, -0.15) is 0 Å². The van der Waals surface area contributed by atoms with E-state index in [-0.39, 0.29) is 0 Å². The zero-order chi connectivity index (χ0) is 9.86. The van der Waals surface area contributed by atoms with Crippen molar-refractivity contribution in [2.45, 2.75) is 31.8 Å². The fourth-order valence-electron chi connectivity index (χ4n) is 2.06. The first-order chi connectivity index (χ1) is 6.85. The number of rotatable bonds is 5. The van der Waals surface area contributed by atoms with E-state index in [1.54, 1.807) is 0 Å². The van der Waals surface area contributed by atoms with Gasteiger partial charge in [0.05, 0.1) is 12.7 Å². The minimum atomic E-state index is 0.457. The summed E-state index contributed by atoms with van der Waals surface area (Å²) in [7, 11) is 2.02. The Morgan fingerprint density at radius 2 is 2.07 bits per heavy atom. The Hall–Kier alpha value is -0.120. The van der Waals surface area contributed by atoms with E-state index in [1.165, 1.54) is 12.8 Å². The van der Waals surface area contributed by atoms with Gasteiger partial charge in [0.25, 0.3) is 0 Å². The summed E-state index contributed by atoms with van der Waals surface area (Å²) >= 11 is 0. The Labute approximate surface area is 86.2 Å². The van der Waals surface area contributed by atoms with Crippen molar-refractivity contribution in [3.63, 3.8) is 0 Å². The van der Waals surface area contributed by atoms with Crippen LogP contribution in [0.2, 0.25) is 0 Å². The first-order valence-corrected chi connectivity index (χ1v) is 5.69. The average molecular weight is 199 g/mol. The van der Waals surface area contributed by atoms with Crippen molar-refractivity contribution in [3.05, 3.63) is 0 Å². The fraction of sp³-hybridized carbons (Fsp3) is 1.00. The molecule has 0 radical (unpaired) electrons. The van der Waals surface area contributed by atoms with Crippen LogP contribution in [0.3, 0.4) is 0 Å². The molecule has 14 heavy (non-hydrogen) atoms. The van der Waals surface area contributed by atoms with Gasteiger partial charge in [0.1, 0.15) is 0 Å². The number of nitrogens with one attached hydrogen (secondary N) is 1. The summed E-state index contributed by atoms with van der Waals surface area (Å²) in [5.41, 5.74) is 0.479. The van der Waals surface area contributed by atoms with Crippen molar-refractivity contribution in [1.82, 2.24) is 5.32 Å². The molecule has 1 aliphatic heterocycles. The lowest BCUT2D eigenvalue weighted by molar-refractivity contribution is -0.0459. The second-order valence-electron chi connectivity index (χ2n) is 4.65. The van der Waals surface area contributed by atoms with Gasteiger partial charge in [-0.25, -0.2) is 0 Å². The molecule has 0 atom stereocenters. The smallest absolute Gasteiger partial charge is 0.0619 e. The molecule has 2 aliphatic rings. The normalized spacial score (nSPS) is 26.4. The minimum Gasteiger partial charge on any atom is -0.381 e. The van der Waals surface area contributed by atoms with Gasteiger partial charge in [0.15, 0.2) is 0 Å². The Morgan fingerprint density at radius 1 is 1.36 bits per heavy atom. The van der Waals surface area contributed by atoms with E-state index in [0.29, 0.717) is 11.5 Å². The van der Waals surface area contributed by atoms with Crippen molar-refractivity contribution in [2.24, 2.45) is 5.41 Å². The van der Waals surface area contributed by atoms with Crippen LogP contribution in [0.1, 0.15) is 25.7 Å². The summed E-state index contributed by atoms with van der Waals surface area (Å²) in [6.07, 6.45) is 5.28. The Morgan fingerprint density at radius 3 is 2.64 bits per heavy atom. The summed E-state index contributed by atoms with van der Waals surface area (Å²) in [6, 6.07) is 0. The van der Waals surface area contributed by atoms with Crippen molar-refractivity contribution >= 4 is 0 Å². The first-order valence-electron chi connectivity index (χ1n) is 5.69. The zero-order valence-corrected chi connectivity index (χ0v) is 9.05. The highest BCUT2D eigenvalue weighted by Crippen LogP contribution is 2.45. The maximum Gasteiger partial charge on any atom is 0.0619 e. The van der Waals surface area contributed by atoms with Crippen molar-refractivity contribution < 1.29 is 9.47 Å². The molecular weight excluding hydrogens is 178 g/mol. The molecule has 2 fully saturated rings. The number of hydrogen-bond donors (Lipinski definition) is 1. The highest BCUT2D eigenvalue weighted by molar-refractivity contribution is 4.94. The molecule has 1 saturated heterocycles. The van der Waals surface area contributed by atoms with E-state index < -0.39 is 0 Å². The predicted octanol–water partition coefficient (Wildman–Crippen LogP) is 1.18. The third kappa shape index (κ3) is 2.69. The van der Waals surface area contributed by atoms with Crippen LogP contribution in [-0.2, 0) is 9.47 Å². The largest absolute Gasteiger partial charge is 0.381 e. The van der Waals surface area contributed by atoms with Crippen LogP contribution in [0.15, 0.2) is 0 Å². The standard InChI is InChI=1S/C11H21NO2/c1-12-8-11(4-5-11)9-14-10-2-6-13-7-3-10/h10,12H,2-9H2,1H3. The van der Waals surface area contributed by atoms with Crippen molar-refractivity contribution in [2.75, 3.05) is 33.4 Å². The maximum atomic E-state index is 5.94. The molecule has 0 spiro atoms. The van der Waals surface area contributed by atoms with Gasteiger partial charge < -0.3 is 14.8 Å². The van der Waals surface area contributed by atoms with Gasteiger partial charge in [-0.15, -0.1) is 0 Å². The number of hydrogen-bond acceptors (Lipinski definition) is 3. The molecule has 3 heteroatoms. The first kappa shape index (κ1) is 10.4. The van der Waals surface area contributed by atoms with E-state index in [1.807, 2.05) is 7.05 Å². The van der Waals surface area contributed by atoms with Crippen LogP contribution in [0.25, 0.3) is 0 Å². The molecular formula is C11H21NO2. The lowest BCUT2D eigenvalue weighted by atomic mass is 10.1. The van der Waals surface area contributed by atoms with Gasteiger partial charge in [-0.05, 0) is 32.7 Å². The average Bonchev–Trinajstić information content (AvgIpc) is 2.98. The molecule has 1 saturated carbocycles. The Bertz CT molecular complexity index is 174. The van der Waals surface area contributed by atoms with E-state index in [2.05, 4.69) is 5.32 Å². The van der Waals surface area contributed by atoms with Crippen LogP contribution in [-0.4, -0.2) is 39.5 Å². The van der Waals surface area contributed by atoms with Crippen LogP contribution < -0.4 is 5.32 Å². The Kier molecular flexibility index (Phi) is 3.42. The summed E-state index contributed by atoms with van der Waals surface area (Å²) in [6.45, 7) is 3.81. The summed E-state index contributed by atoms with van der Waals surface area (Å²) in [5.74, 6) is 0. The van der Waals surface area contributed by atoms with Gasteiger partial charge in [0, 0.05) is 25.2 Å². The molecule has 1 N–H and O–H groups in total. The number of ether oxygens (including phenoxy) is 2. The summed E-state index contributed by atoms with van der Waals surface area (Å²) in [4.78, 5) is 0. The molecule has 0 aromatic rings. The predicted molar refractivity (Wildman–Crippen MR) is 55.4 cm³/mol. The van der Waals surface area contributed by atoms with Crippen LogP contribution >= 0.6 is 0 Å².